The maximum Gasteiger partial charge on any atom is 0.315 e. The second-order valence-electron chi connectivity index (χ2n) is 21.9. The SMILES string of the molecule is C/C1=C/C=C/C(C)[C@H](O)CC(O)C[C@H](OC(=O)CC(=O)N2CCC(c3ccc(-c4ccccc4)cc3)CC2)CC/C=C/OC2(C)Oc3c(C)c(O)c4c(c3C2=O)C2=NC3(CCN(CC(C)C)CC3)NC2=C(NC1=O)C4=O. The minimum Gasteiger partial charge on any atom is -0.507 e. The van der Waals surface area contributed by atoms with Crippen molar-refractivity contribution in [1.82, 2.24) is 20.4 Å². The van der Waals surface area contributed by atoms with Gasteiger partial charge in [0.1, 0.15) is 35.4 Å². The predicted octanol–water partition coefficient (Wildman–Crippen LogP) is 7.70. The molecule has 76 heavy (non-hydrogen) atoms. The standard InChI is InChI=1S/C60H71N5O11/c1-35(2)34-64-28-24-60(25-29-64)62-51-48-49-54(70)38(5)56-50(48)57(72)59(6,76-56)74-30-11-10-17-44(31-43(66)32-45(67)36(3)13-12-14-37(4)58(73)61-53(55(49)71)52(51)63-60)75-47(69)33-46(68)65-26-22-42(23-27-65)41-20-18-40(19-21-41)39-15-8-7-9-16-39/h7-9,11-16,18-21,30,35-36,42-45,63,66-67,70H,10,17,22-29,31-34H2,1-6H3,(H,61,73)/b13-12+,30-11+,37-14-/t36?,43?,44-,45-,59?/m1/s1. The maximum absolute atomic E-state index is 14.8. The van der Waals surface area contributed by atoms with E-state index in [4.69, 9.17) is 19.2 Å². The van der Waals surface area contributed by atoms with Crippen LogP contribution in [0.15, 0.2) is 107 Å². The van der Waals surface area contributed by atoms with Crippen molar-refractivity contribution >= 4 is 35.1 Å². The highest BCUT2D eigenvalue weighted by Gasteiger charge is 2.54. The van der Waals surface area contributed by atoms with Gasteiger partial charge in [0.15, 0.2) is 0 Å². The monoisotopic (exact) mass is 1040 g/mol. The average Bonchev–Trinajstić information content (AvgIpc) is 3.91. The molecule has 7 aliphatic rings. The number of hydrogen-bond donors (Lipinski definition) is 5. The number of rotatable bonds is 7. The van der Waals surface area contributed by atoms with E-state index in [2.05, 4.69) is 65.8 Å². The van der Waals surface area contributed by atoms with E-state index in [1.54, 1.807) is 43.1 Å². The number of phenols is 1. The van der Waals surface area contributed by atoms with E-state index in [-0.39, 0.29) is 88.2 Å². The van der Waals surface area contributed by atoms with E-state index >= 15 is 0 Å². The molecule has 5 bridgehead atoms. The summed E-state index contributed by atoms with van der Waals surface area (Å²) in [7, 11) is 0. The van der Waals surface area contributed by atoms with Gasteiger partial charge >= 0.3 is 11.8 Å². The first-order valence-corrected chi connectivity index (χ1v) is 26.8. The van der Waals surface area contributed by atoms with E-state index in [1.165, 1.54) is 25.7 Å². The number of esters is 1. The summed E-state index contributed by atoms with van der Waals surface area (Å²) in [5, 5.41) is 40.7. The van der Waals surface area contributed by atoms with Gasteiger partial charge < -0.3 is 50.0 Å². The second kappa shape index (κ2) is 22.4. The number of ketones is 2. The van der Waals surface area contributed by atoms with E-state index in [0.29, 0.717) is 44.9 Å². The fourth-order valence-corrected chi connectivity index (χ4v) is 11.3. The van der Waals surface area contributed by atoms with Crippen molar-refractivity contribution in [2.75, 3.05) is 32.7 Å². The molecule has 0 aromatic heterocycles. The highest BCUT2D eigenvalue weighted by atomic mass is 16.7. The van der Waals surface area contributed by atoms with Gasteiger partial charge in [0.25, 0.3) is 11.7 Å². The number of Topliss-reactive ketones (excluding diaryl/α,β-unsaturated/α-hetero) is 2. The zero-order chi connectivity index (χ0) is 54.1. The van der Waals surface area contributed by atoms with Gasteiger partial charge in [0.2, 0.25) is 11.7 Å². The first-order chi connectivity index (χ1) is 36.3. The summed E-state index contributed by atoms with van der Waals surface area (Å²) in [6, 6.07) is 18.7. The number of carbonyl (C=O) groups is 5. The van der Waals surface area contributed by atoms with Crippen LogP contribution in [0.3, 0.4) is 0 Å². The number of allylic oxidation sites excluding steroid dienone is 5. The van der Waals surface area contributed by atoms with Crippen LogP contribution in [0.5, 0.6) is 11.5 Å². The molecule has 2 fully saturated rings. The molecule has 5 atom stereocenters. The van der Waals surface area contributed by atoms with Gasteiger partial charge in [0.05, 0.1) is 41.0 Å². The number of phenolic OH excluding ortho intramolecular Hbond substituents is 1. The van der Waals surface area contributed by atoms with Gasteiger partial charge in [-0.1, -0.05) is 93.6 Å². The lowest BCUT2D eigenvalue weighted by Gasteiger charge is -2.38. The minimum absolute atomic E-state index is 0.0213. The Morgan fingerprint density at radius 3 is 2.29 bits per heavy atom. The minimum atomic E-state index is -1.95. The lowest BCUT2D eigenvalue weighted by atomic mass is 9.82. The van der Waals surface area contributed by atoms with Crippen molar-refractivity contribution in [2.24, 2.45) is 16.8 Å². The number of ether oxygens (including phenoxy) is 3. The molecule has 1 spiro atoms. The Morgan fingerprint density at radius 1 is 0.895 bits per heavy atom. The summed E-state index contributed by atoms with van der Waals surface area (Å²) < 4.78 is 18.3. The maximum atomic E-state index is 14.8. The van der Waals surface area contributed by atoms with Crippen molar-refractivity contribution in [1.29, 1.82) is 0 Å². The molecule has 16 nitrogen and oxygen atoms in total. The Balaban J connectivity index is 0.930. The summed E-state index contributed by atoms with van der Waals surface area (Å²) in [5.41, 5.74) is 3.30. The fraction of sp³-hybridized carbons (Fsp3) is 0.467. The number of aliphatic hydroxyl groups is 2. The van der Waals surface area contributed by atoms with Gasteiger partial charge in [-0.2, -0.15) is 0 Å². The smallest absolute Gasteiger partial charge is 0.315 e. The number of hydrogen-bond acceptors (Lipinski definition) is 14. The van der Waals surface area contributed by atoms with E-state index in [1.807, 2.05) is 18.2 Å². The number of benzene rings is 3. The molecule has 3 unspecified atom stereocenters. The summed E-state index contributed by atoms with van der Waals surface area (Å²) in [6.07, 6.45) is 7.31. The second-order valence-corrected chi connectivity index (χ2v) is 21.9. The van der Waals surface area contributed by atoms with Crippen molar-refractivity contribution in [3.8, 4) is 22.6 Å². The Labute approximate surface area is 444 Å². The number of piperidine rings is 2. The largest absolute Gasteiger partial charge is 0.507 e. The number of carbonyl (C=O) groups excluding carboxylic acids is 5. The predicted molar refractivity (Wildman–Crippen MR) is 286 cm³/mol. The molecule has 10 rings (SSSR count). The van der Waals surface area contributed by atoms with Crippen LogP contribution in [-0.2, 0) is 23.9 Å². The van der Waals surface area contributed by atoms with Crippen LogP contribution in [0.25, 0.3) is 11.1 Å². The van der Waals surface area contributed by atoms with Crippen LogP contribution < -0.4 is 15.4 Å². The molecule has 2 saturated heterocycles. The number of nitrogens with zero attached hydrogens (tertiary/aromatic N) is 3. The Hall–Kier alpha value is -6.88. The third-order valence-corrected chi connectivity index (χ3v) is 15.8. The first kappa shape index (κ1) is 53.9. The number of amides is 2. The number of likely N-dealkylation sites (tertiary alicyclic amines) is 2. The molecule has 0 radical (unpaired) electrons. The van der Waals surface area contributed by atoms with Crippen LogP contribution in [0.2, 0.25) is 0 Å². The molecule has 1 aliphatic carbocycles. The zero-order valence-electron chi connectivity index (χ0n) is 44.4. The van der Waals surface area contributed by atoms with E-state index in [9.17, 15) is 39.3 Å². The van der Waals surface area contributed by atoms with Crippen LogP contribution >= 0.6 is 0 Å². The molecular formula is C60H71N5O11. The highest BCUT2D eigenvalue weighted by molar-refractivity contribution is 6.34. The first-order valence-electron chi connectivity index (χ1n) is 26.8. The number of nitrogens with one attached hydrogen (secondary N) is 2. The van der Waals surface area contributed by atoms with Crippen molar-refractivity contribution in [3.63, 3.8) is 0 Å². The van der Waals surface area contributed by atoms with Gasteiger partial charge in [-0.15, -0.1) is 0 Å². The number of fused-ring (bicyclic) bond motifs is 13. The van der Waals surface area contributed by atoms with Crippen molar-refractivity contribution in [3.05, 3.63) is 130 Å². The van der Waals surface area contributed by atoms with E-state index < -0.39 is 71.3 Å². The number of aliphatic imine (C=N–C) groups is 1. The Morgan fingerprint density at radius 2 is 1.59 bits per heavy atom. The van der Waals surface area contributed by atoms with Gasteiger partial charge in [-0.05, 0) is 80.6 Å². The zero-order valence-corrected chi connectivity index (χ0v) is 44.4. The topological polar surface area (TPSA) is 217 Å². The van der Waals surface area contributed by atoms with Crippen molar-refractivity contribution in [2.45, 2.75) is 135 Å². The third kappa shape index (κ3) is 11.3. The van der Waals surface area contributed by atoms with Crippen LogP contribution in [-0.4, -0.2) is 123 Å². The Kier molecular flexibility index (Phi) is 15.9. The summed E-state index contributed by atoms with van der Waals surface area (Å²) in [6.45, 7) is 14.0. The van der Waals surface area contributed by atoms with Crippen molar-refractivity contribution < 1.29 is 53.5 Å². The fourth-order valence-electron chi connectivity index (χ4n) is 11.3. The van der Waals surface area contributed by atoms with Gasteiger partial charge in [0, 0.05) is 81.5 Å². The van der Waals surface area contributed by atoms with Crippen LogP contribution in [0.1, 0.15) is 136 Å². The van der Waals surface area contributed by atoms with Gasteiger partial charge in [-0.25, -0.2) is 0 Å². The summed E-state index contributed by atoms with van der Waals surface area (Å²) in [4.78, 5) is 79.8. The molecule has 2 amide bonds. The molecule has 0 saturated carbocycles. The summed E-state index contributed by atoms with van der Waals surface area (Å²) in [5.74, 6) is -5.07. The van der Waals surface area contributed by atoms with Crippen LogP contribution in [0.4, 0.5) is 0 Å². The molecule has 6 heterocycles. The number of aliphatic hydroxyl groups excluding tert-OH is 2. The van der Waals surface area contributed by atoms with Gasteiger partial charge in [-0.3, -0.25) is 29.0 Å². The molecule has 402 valence electrons. The molecule has 6 aliphatic heterocycles. The molecule has 3 aromatic carbocycles. The summed E-state index contributed by atoms with van der Waals surface area (Å²) >= 11 is 0. The molecular weight excluding hydrogens is 967 g/mol. The van der Waals surface area contributed by atoms with Crippen LogP contribution in [0, 0.1) is 18.8 Å². The molecule has 16 heteroatoms. The highest BCUT2D eigenvalue weighted by Crippen LogP contribution is 2.50. The average molecular weight is 1040 g/mol. The lowest BCUT2D eigenvalue weighted by molar-refractivity contribution is -0.155. The van der Waals surface area contributed by atoms with E-state index in [0.717, 1.165) is 30.5 Å². The third-order valence-electron chi connectivity index (χ3n) is 15.8. The number of aromatic hydroxyl groups is 1. The lowest BCUT2D eigenvalue weighted by Crippen LogP contribution is -2.50. The quantitative estimate of drug-likeness (QED) is 0.113. The normalized spacial score (nSPS) is 26.9. The Bertz CT molecular complexity index is 2910. The molecule has 3 aromatic rings. The molecule has 5 N–H and O–H groups in total.